The van der Waals surface area contributed by atoms with E-state index in [0.29, 0.717) is 12.6 Å². The monoisotopic (exact) mass is 331 g/mol. The first-order chi connectivity index (χ1) is 11.4. The third kappa shape index (κ3) is 3.64. The minimum absolute atomic E-state index is 0.00334. The lowest BCUT2D eigenvalue weighted by molar-refractivity contribution is -0.117. The van der Waals surface area contributed by atoms with Gasteiger partial charge in [0.1, 0.15) is 17.5 Å². The van der Waals surface area contributed by atoms with Gasteiger partial charge < -0.3 is 5.32 Å². The molecule has 2 aromatic heterocycles. The van der Waals surface area contributed by atoms with E-state index >= 15 is 0 Å². The number of anilines is 1. The molecular weight excluding hydrogens is 306 g/mol. The number of carbonyl (C=O) groups is 1. The normalized spacial score (nSPS) is 18.2. The van der Waals surface area contributed by atoms with Crippen LogP contribution in [0.15, 0.2) is 6.07 Å². The Kier molecular flexibility index (Phi) is 4.66. The van der Waals surface area contributed by atoms with Gasteiger partial charge in [0.2, 0.25) is 5.91 Å². The van der Waals surface area contributed by atoms with Crippen molar-refractivity contribution >= 4 is 11.7 Å². The summed E-state index contributed by atoms with van der Waals surface area (Å²) in [5.74, 6) is 2.45. The van der Waals surface area contributed by atoms with Crippen LogP contribution in [-0.2, 0) is 18.4 Å². The fourth-order valence-corrected chi connectivity index (χ4v) is 3.34. The Morgan fingerprint density at radius 3 is 2.75 bits per heavy atom. The molecule has 2 aromatic rings. The zero-order valence-electron chi connectivity index (χ0n) is 14.8. The van der Waals surface area contributed by atoms with Crippen LogP contribution in [0.5, 0.6) is 0 Å². The number of rotatable bonds is 5. The molecule has 1 amide bonds. The maximum absolute atomic E-state index is 12.4. The van der Waals surface area contributed by atoms with Gasteiger partial charge in [0.25, 0.3) is 0 Å². The van der Waals surface area contributed by atoms with E-state index in [1.807, 2.05) is 38.6 Å². The number of hydrogen-bond acceptors (Lipinski definition) is 5. The highest BCUT2D eigenvalue weighted by Crippen LogP contribution is 2.19. The Morgan fingerprint density at radius 1 is 1.33 bits per heavy atom. The highest BCUT2D eigenvalue weighted by atomic mass is 16.2. The first kappa shape index (κ1) is 16.6. The molecule has 1 aliphatic heterocycles. The topological polar surface area (TPSA) is 80.9 Å². The second kappa shape index (κ2) is 6.72. The number of likely N-dealkylation sites (tertiary alicyclic amines) is 1. The Labute approximate surface area is 141 Å². The van der Waals surface area contributed by atoms with Gasteiger partial charge in [-0.15, -0.1) is 0 Å². The Balaban J connectivity index is 1.60. The summed E-state index contributed by atoms with van der Waals surface area (Å²) < 4.78 is 3.64. The SMILES string of the molecule is Cc1cc(NC(=O)CN2CCC[C@@H]2Cn2nc(C)nc2C)n(C)n1. The molecule has 0 saturated carbocycles. The summed E-state index contributed by atoms with van der Waals surface area (Å²) in [6.45, 7) is 7.90. The van der Waals surface area contributed by atoms with Crippen LogP contribution in [0, 0.1) is 20.8 Å². The van der Waals surface area contributed by atoms with Gasteiger partial charge in [-0.05, 0) is 40.2 Å². The molecule has 1 fully saturated rings. The summed E-state index contributed by atoms with van der Waals surface area (Å²) in [5, 5.41) is 11.6. The van der Waals surface area contributed by atoms with Crippen molar-refractivity contribution in [1.29, 1.82) is 0 Å². The number of nitrogens with one attached hydrogen (secondary N) is 1. The maximum atomic E-state index is 12.4. The number of amides is 1. The molecule has 3 heterocycles. The van der Waals surface area contributed by atoms with Crippen molar-refractivity contribution in [1.82, 2.24) is 29.4 Å². The molecule has 0 bridgehead atoms. The molecular formula is C16H25N7O. The van der Waals surface area contributed by atoms with E-state index < -0.39 is 0 Å². The lowest BCUT2D eigenvalue weighted by atomic mass is 10.2. The number of carbonyl (C=O) groups excluding carboxylic acids is 1. The molecule has 0 aliphatic carbocycles. The van der Waals surface area contributed by atoms with Crippen LogP contribution in [0.25, 0.3) is 0 Å². The fraction of sp³-hybridized carbons (Fsp3) is 0.625. The predicted octanol–water partition coefficient (Wildman–Crippen LogP) is 1.04. The average molecular weight is 331 g/mol. The van der Waals surface area contributed by atoms with E-state index in [0.717, 1.165) is 49.1 Å². The summed E-state index contributed by atoms with van der Waals surface area (Å²) in [4.78, 5) is 19.0. The number of hydrogen-bond donors (Lipinski definition) is 1. The summed E-state index contributed by atoms with van der Waals surface area (Å²) in [6, 6.07) is 2.20. The van der Waals surface area contributed by atoms with E-state index in [2.05, 4.69) is 25.4 Å². The Morgan fingerprint density at radius 2 is 2.12 bits per heavy atom. The van der Waals surface area contributed by atoms with Crippen molar-refractivity contribution < 1.29 is 4.79 Å². The third-order valence-electron chi connectivity index (χ3n) is 4.46. The molecule has 0 radical (unpaired) electrons. The highest BCUT2D eigenvalue weighted by molar-refractivity contribution is 5.91. The number of aryl methyl sites for hydroxylation is 4. The lowest BCUT2D eigenvalue weighted by Crippen LogP contribution is -2.39. The van der Waals surface area contributed by atoms with Crippen molar-refractivity contribution in [3.63, 3.8) is 0 Å². The van der Waals surface area contributed by atoms with Crippen LogP contribution < -0.4 is 5.32 Å². The zero-order valence-corrected chi connectivity index (χ0v) is 14.8. The Hall–Kier alpha value is -2.22. The minimum Gasteiger partial charge on any atom is -0.310 e. The molecule has 130 valence electrons. The maximum Gasteiger partial charge on any atom is 0.239 e. The van der Waals surface area contributed by atoms with Crippen LogP contribution in [0.2, 0.25) is 0 Å². The van der Waals surface area contributed by atoms with Crippen molar-refractivity contribution in [2.24, 2.45) is 7.05 Å². The first-order valence-corrected chi connectivity index (χ1v) is 8.35. The molecule has 0 unspecified atom stereocenters. The van der Waals surface area contributed by atoms with Crippen LogP contribution in [0.4, 0.5) is 5.82 Å². The molecule has 8 nitrogen and oxygen atoms in total. The van der Waals surface area contributed by atoms with Crippen molar-refractivity contribution in [2.45, 2.75) is 46.2 Å². The molecule has 8 heteroatoms. The minimum atomic E-state index is -0.00334. The molecule has 24 heavy (non-hydrogen) atoms. The van der Waals surface area contributed by atoms with Gasteiger partial charge in [-0.1, -0.05) is 0 Å². The van der Waals surface area contributed by atoms with Crippen LogP contribution in [0.1, 0.15) is 30.2 Å². The van der Waals surface area contributed by atoms with E-state index in [-0.39, 0.29) is 5.91 Å². The molecule has 1 atom stereocenters. The summed E-state index contributed by atoms with van der Waals surface area (Å²) in [7, 11) is 1.83. The molecule has 1 saturated heterocycles. The van der Waals surface area contributed by atoms with Crippen molar-refractivity contribution in [3.8, 4) is 0 Å². The molecule has 1 N–H and O–H groups in total. The van der Waals surface area contributed by atoms with Gasteiger partial charge in [-0.2, -0.15) is 10.2 Å². The fourth-order valence-electron chi connectivity index (χ4n) is 3.34. The van der Waals surface area contributed by atoms with Gasteiger partial charge in [0.05, 0.1) is 18.8 Å². The second-order valence-corrected chi connectivity index (χ2v) is 6.50. The largest absolute Gasteiger partial charge is 0.310 e. The predicted molar refractivity (Wildman–Crippen MR) is 90.7 cm³/mol. The summed E-state index contributed by atoms with van der Waals surface area (Å²) in [5.41, 5.74) is 0.892. The molecule has 1 aliphatic rings. The molecule has 3 rings (SSSR count). The Bertz CT molecular complexity index is 733. The van der Waals surface area contributed by atoms with Gasteiger partial charge in [-0.3, -0.25) is 14.4 Å². The highest BCUT2D eigenvalue weighted by Gasteiger charge is 2.27. The van der Waals surface area contributed by atoms with E-state index in [4.69, 9.17) is 0 Å². The third-order valence-corrected chi connectivity index (χ3v) is 4.46. The standard InChI is InChI=1S/C16H25N7O/c1-11-8-15(21(4)19-11)18-16(24)10-22-7-5-6-14(22)9-23-13(3)17-12(2)20-23/h8,14H,5-7,9-10H2,1-4H3,(H,18,24)/t14-/m1/s1. The van der Waals surface area contributed by atoms with Gasteiger partial charge in [0, 0.05) is 19.2 Å². The average Bonchev–Trinajstić information content (AvgIpc) is 3.13. The van der Waals surface area contributed by atoms with E-state index in [1.165, 1.54) is 0 Å². The van der Waals surface area contributed by atoms with Gasteiger partial charge in [0.15, 0.2) is 0 Å². The van der Waals surface area contributed by atoms with Crippen LogP contribution in [0.3, 0.4) is 0 Å². The van der Waals surface area contributed by atoms with Crippen molar-refractivity contribution in [3.05, 3.63) is 23.4 Å². The second-order valence-electron chi connectivity index (χ2n) is 6.50. The van der Waals surface area contributed by atoms with Crippen LogP contribution in [-0.4, -0.2) is 54.5 Å². The van der Waals surface area contributed by atoms with Gasteiger partial charge in [-0.25, -0.2) is 9.67 Å². The summed E-state index contributed by atoms with van der Waals surface area (Å²) >= 11 is 0. The van der Waals surface area contributed by atoms with E-state index in [9.17, 15) is 4.79 Å². The number of nitrogens with zero attached hydrogens (tertiary/aromatic N) is 6. The lowest BCUT2D eigenvalue weighted by Gasteiger charge is -2.24. The van der Waals surface area contributed by atoms with Crippen LogP contribution >= 0.6 is 0 Å². The smallest absolute Gasteiger partial charge is 0.239 e. The van der Waals surface area contributed by atoms with Gasteiger partial charge >= 0.3 is 0 Å². The number of aromatic nitrogens is 5. The summed E-state index contributed by atoms with van der Waals surface area (Å²) in [6.07, 6.45) is 2.19. The quantitative estimate of drug-likeness (QED) is 0.885. The molecule has 0 spiro atoms. The van der Waals surface area contributed by atoms with Crippen molar-refractivity contribution in [2.75, 3.05) is 18.4 Å². The molecule has 0 aromatic carbocycles. The zero-order chi connectivity index (χ0) is 17.3. The van der Waals surface area contributed by atoms with E-state index in [1.54, 1.807) is 4.68 Å². The first-order valence-electron chi connectivity index (χ1n) is 8.35.